The fourth-order valence-electron chi connectivity index (χ4n) is 3.37. The molecular weight excluding hydrogens is 380 g/mol. The molecule has 154 valence electrons. The number of nitrogens with zero attached hydrogens (tertiary/aromatic N) is 3. The van der Waals surface area contributed by atoms with E-state index in [4.69, 9.17) is 4.74 Å². The molecule has 4 rings (SSSR count). The maximum absolute atomic E-state index is 12.5. The number of para-hydroxylation sites is 1. The van der Waals surface area contributed by atoms with E-state index in [1.807, 2.05) is 35.2 Å². The number of carbonyl (C=O) groups excluding carboxylic acids is 2. The molecule has 1 atom stereocenters. The summed E-state index contributed by atoms with van der Waals surface area (Å²) in [6, 6.07) is 18.3. The Hall–Kier alpha value is -3.61. The Morgan fingerprint density at radius 1 is 1.00 bits per heavy atom. The molecule has 1 N–H and O–H groups in total. The predicted octanol–water partition coefficient (Wildman–Crippen LogP) is 3.51. The van der Waals surface area contributed by atoms with Gasteiger partial charge < -0.3 is 15.0 Å². The van der Waals surface area contributed by atoms with E-state index in [1.165, 1.54) is 0 Å². The third kappa shape index (κ3) is 4.51. The number of nitrogens with one attached hydrogen (secondary N) is 1. The van der Waals surface area contributed by atoms with Gasteiger partial charge in [0.15, 0.2) is 6.10 Å². The number of likely N-dealkylation sites (tertiary alicyclic amines) is 1. The lowest BCUT2D eigenvalue weighted by atomic mass is 10.2. The number of benzene rings is 2. The van der Waals surface area contributed by atoms with Gasteiger partial charge in [-0.1, -0.05) is 18.2 Å². The van der Waals surface area contributed by atoms with Gasteiger partial charge in [-0.05, 0) is 56.2 Å². The Kier molecular flexibility index (Phi) is 5.79. The monoisotopic (exact) mass is 404 g/mol. The van der Waals surface area contributed by atoms with Gasteiger partial charge in [-0.3, -0.25) is 9.59 Å². The largest absolute Gasteiger partial charge is 0.463 e. The highest BCUT2D eigenvalue weighted by Gasteiger charge is 2.20. The van der Waals surface area contributed by atoms with Crippen molar-refractivity contribution in [2.24, 2.45) is 0 Å². The molecular formula is C23H24N4O3. The summed E-state index contributed by atoms with van der Waals surface area (Å²) in [4.78, 5) is 26.7. The van der Waals surface area contributed by atoms with Crippen LogP contribution in [0, 0.1) is 0 Å². The first kappa shape index (κ1) is 19.7. The number of hydrogen-bond acceptors (Lipinski definition) is 4. The highest BCUT2D eigenvalue weighted by molar-refractivity contribution is 5.97. The Balaban J connectivity index is 1.33. The summed E-state index contributed by atoms with van der Waals surface area (Å²) in [5, 5.41) is 7.16. The van der Waals surface area contributed by atoms with Crippen LogP contribution in [0.15, 0.2) is 66.9 Å². The van der Waals surface area contributed by atoms with Crippen LogP contribution in [0.1, 0.15) is 30.1 Å². The second kappa shape index (κ2) is 8.82. The molecule has 3 aromatic rings. The number of hydrogen-bond donors (Lipinski definition) is 1. The molecule has 0 radical (unpaired) electrons. The minimum absolute atomic E-state index is 0.0380. The van der Waals surface area contributed by atoms with Crippen molar-refractivity contribution in [2.75, 3.05) is 18.4 Å². The van der Waals surface area contributed by atoms with E-state index in [1.54, 1.807) is 48.1 Å². The molecule has 2 heterocycles. The van der Waals surface area contributed by atoms with Crippen LogP contribution in [-0.2, 0) is 4.79 Å². The quantitative estimate of drug-likeness (QED) is 0.682. The fourth-order valence-corrected chi connectivity index (χ4v) is 3.37. The van der Waals surface area contributed by atoms with Crippen LogP contribution in [0.2, 0.25) is 0 Å². The van der Waals surface area contributed by atoms with E-state index < -0.39 is 6.10 Å². The van der Waals surface area contributed by atoms with Crippen molar-refractivity contribution in [3.8, 4) is 11.6 Å². The highest BCUT2D eigenvalue weighted by Crippen LogP contribution is 2.17. The van der Waals surface area contributed by atoms with Gasteiger partial charge in [0, 0.05) is 36.6 Å². The Morgan fingerprint density at radius 3 is 2.40 bits per heavy atom. The van der Waals surface area contributed by atoms with Gasteiger partial charge in [0.2, 0.25) is 5.88 Å². The van der Waals surface area contributed by atoms with E-state index in [0.29, 0.717) is 17.1 Å². The standard InChI is InChI=1S/C23H24N4O3/c1-17(30-21-13-16-27(25-21)20-7-3-2-4-8-20)22(28)24-19-11-9-18(10-12-19)23(29)26-14-5-6-15-26/h2-4,7-13,16-17H,5-6,14-15H2,1H3,(H,24,28)/t17-/m0/s1. The van der Waals surface area contributed by atoms with Gasteiger partial charge in [0.25, 0.3) is 11.8 Å². The van der Waals surface area contributed by atoms with Gasteiger partial charge in [-0.25, -0.2) is 4.68 Å². The molecule has 2 aromatic carbocycles. The predicted molar refractivity (Wildman–Crippen MR) is 114 cm³/mol. The van der Waals surface area contributed by atoms with Gasteiger partial charge >= 0.3 is 0 Å². The summed E-state index contributed by atoms with van der Waals surface area (Å²) in [7, 11) is 0. The van der Waals surface area contributed by atoms with Crippen molar-refractivity contribution in [1.29, 1.82) is 0 Å². The minimum Gasteiger partial charge on any atom is -0.463 e. The summed E-state index contributed by atoms with van der Waals surface area (Å²) >= 11 is 0. The van der Waals surface area contributed by atoms with Gasteiger partial charge in [-0.15, -0.1) is 5.10 Å². The molecule has 2 amide bonds. The molecule has 0 spiro atoms. The Bertz CT molecular complexity index is 1010. The summed E-state index contributed by atoms with van der Waals surface area (Å²) < 4.78 is 7.37. The van der Waals surface area contributed by atoms with E-state index in [2.05, 4.69) is 10.4 Å². The summed E-state index contributed by atoms with van der Waals surface area (Å²) in [6.07, 6.45) is 3.17. The van der Waals surface area contributed by atoms with Gasteiger partial charge in [-0.2, -0.15) is 0 Å². The number of carbonyl (C=O) groups is 2. The van der Waals surface area contributed by atoms with Crippen LogP contribution in [0.3, 0.4) is 0 Å². The van der Waals surface area contributed by atoms with Crippen LogP contribution in [0.25, 0.3) is 5.69 Å². The normalized spacial score (nSPS) is 14.4. The van der Waals surface area contributed by atoms with Crippen molar-refractivity contribution in [2.45, 2.75) is 25.9 Å². The molecule has 30 heavy (non-hydrogen) atoms. The van der Waals surface area contributed by atoms with Crippen molar-refractivity contribution in [3.05, 3.63) is 72.4 Å². The van der Waals surface area contributed by atoms with Crippen LogP contribution < -0.4 is 10.1 Å². The first-order valence-corrected chi connectivity index (χ1v) is 10.1. The average molecular weight is 404 g/mol. The zero-order chi connectivity index (χ0) is 20.9. The zero-order valence-corrected chi connectivity index (χ0v) is 16.8. The molecule has 0 bridgehead atoms. The maximum Gasteiger partial charge on any atom is 0.265 e. The third-order valence-corrected chi connectivity index (χ3v) is 5.04. The lowest BCUT2D eigenvalue weighted by Gasteiger charge is -2.16. The molecule has 0 saturated carbocycles. The van der Waals surface area contributed by atoms with Crippen molar-refractivity contribution < 1.29 is 14.3 Å². The van der Waals surface area contributed by atoms with E-state index >= 15 is 0 Å². The first-order chi connectivity index (χ1) is 14.6. The SMILES string of the molecule is C[C@H](Oc1ccn(-c2ccccc2)n1)C(=O)Nc1ccc(C(=O)N2CCCC2)cc1. The topological polar surface area (TPSA) is 76.5 Å². The van der Waals surface area contributed by atoms with E-state index in [-0.39, 0.29) is 11.8 Å². The molecule has 1 aromatic heterocycles. The molecule has 0 aliphatic carbocycles. The van der Waals surface area contributed by atoms with Gasteiger partial charge in [0.1, 0.15) is 0 Å². The molecule has 1 saturated heterocycles. The smallest absolute Gasteiger partial charge is 0.265 e. The van der Waals surface area contributed by atoms with Crippen LogP contribution in [0.5, 0.6) is 5.88 Å². The Labute approximate surface area is 175 Å². The molecule has 7 heteroatoms. The average Bonchev–Trinajstić information content (AvgIpc) is 3.47. The van der Waals surface area contributed by atoms with Crippen LogP contribution in [-0.4, -0.2) is 45.7 Å². The number of anilines is 1. The third-order valence-electron chi connectivity index (χ3n) is 5.04. The van der Waals surface area contributed by atoms with Crippen molar-refractivity contribution >= 4 is 17.5 Å². The molecule has 1 aliphatic heterocycles. The van der Waals surface area contributed by atoms with Crippen molar-refractivity contribution in [1.82, 2.24) is 14.7 Å². The number of aromatic nitrogens is 2. The lowest BCUT2D eigenvalue weighted by Crippen LogP contribution is -2.30. The fraction of sp³-hybridized carbons (Fsp3) is 0.261. The zero-order valence-electron chi connectivity index (χ0n) is 16.8. The van der Waals surface area contributed by atoms with Crippen LogP contribution in [0.4, 0.5) is 5.69 Å². The van der Waals surface area contributed by atoms with E-state index in [0.717, 1.165) is 31.6 Å². The second-order valence-corrected chi connectivity index (χ2v) is 7.26. The minimum atomic E-state index is -0.727. The summed E-state index contributed by atoms with van der Waals surface area (Å²) in [5.41, 5.74) is 2.15. The summed E-state index contributed by atoms with van der Waals surface area (Å²) in [6.45, 7) is 3.29. The molecule has 1 aliphatic rings. The first-order valence-electron chi connectivity index (χ1n) is 10.1. The number of rotatable bonds is 6. The maximum atomic E-state index is 12.5. The van der Waals surface area contributed by atoms with Crippen LogP contribution >= 0.6 is 0 Å². The lowest BCUT2D eigenvalue weighted by molar-refractivity contribution is -0.122. The van der Waals surface area contributed by atoms with Gasteiger partial charge in [0.05, 0.1) is 5.69 Å². The second-order valence-electron chi connectivity index (χ2n) is 7.26. The molecule has 7 nitrogen and oxygen atoms in total. The summed E-state index contributed by atoms with van der Waals surface area (Å²) in [5.74, 6) is 0.118. The van der Waals surface area contributed by atoms with Crippen molar-refractivity contribution in [3.63, 3.8) is 0 Å². The van der Waals surface area contributed by atoms with E-state index in [9.17, 15) is 9.59 Å². The molecule has 0 unspecified atom stereocenters. The number of ether oxygens (including phenoxy) is 1. The number of amides is 2. The highest BCUT2D eigenvalue weighted by atomic mass is 16.5. The Morgan fingerprint density at radius 2 is 1.70 bits per heavy atom. The molecule has 1 fully saturated rings.